The van der Waals surface area contributed by atoms with Gasteiger partial charge in [0.05, 0.1) is 14.2 Å². The predicted octanol–water partition coefficient (Wildman–Crippen LogP) is 5.35. The smallest absolute Gasteiger partial charge is 0.263 e. The lowest BCUT2D eigenvalue weighted by atomic mass is 10.1. The van der Waals surface area contributed by atoms with Crippen molar-refractivity contribution in [1.29, 1.82) is 0 Å². The van der Waals surface area contributed by atoms with E-state index in [9.17, 15) is 9.59 Å². The van der Waals surface area contributed by atoms with Crippen molar-refractivity contribution in [3.63, 3.8) is 0 Å². The van der Waals surface area contributed by atoms with Gasteiger partial charge in [-0.15, -0.1) is 0 Å². The molecule has 3 aromatic rings. The van der Waals surface area contributed by atoms with Crippen molar-refractivity contribution in [2.75, 3.05) is 26.1 Å². The Hall–Kier alpha value is -3.71. The molecule has 8 heteroatoms. The van der Waals surface area contributed by atoms with Crippen LogP contribution in [-0.4, -0.2) is 43.6 Å². The van der Waals surface area contributed by atoms with Crippen LogP contribution in [-0.2, 0) is 17.8 Å². The molecule has 0 saturated heterocycles. The first-order valence-electron chi connectivity index (χ1n) is 11.8. The normalized spacial score (nSPS) is 14.9. The summed E-state index contributed by atoms with van der Waals surface area (Å²) in [6.45, 7) is 2.82. The zero-order valence-electron chi connectivity index (χ0n) is 20.5. The van der Waals surface area contributed by atoms with E-state index in [1.54, 1.807) is 50.6 Å². The Labute approximate surface area is 215 Å². The molecule has 0 bridgehead atoms. The van der Waals surface area contributed by atoms with Gasteiger partial charge < -0.3 is 24.4 Å². The molecule has 3 aromatic carbocycles. The molecule has 1 unspecified atom stereocenters. The Kier molecular flexibility index (Phi) is 8.00. The van der Waals surface area contributed by atoms with Crippen LogP contribution in [0.5, 0.6) is 17.2 Å². The highest BCUT2D eigenvalue weighted by atomic mass is 35.5. The number of nitrogens with zero attached hydrogens (tertiary/aromatic N) is 1. The Bertz CT molecular complexity index is 1250. The van der Waals surface area contributed by atoms with Gasteiger partial charge in [-0.3, -0.25) is 9.59 Å². The average molecular weight is 509 g/mol. The van der Waals surface area contributed by atoms with Gasteiger partial charge >= 0.3 is 0 Å². The van der Waals surface area contributed by atoms with Crippen molar-refractivity contribution in [1.82, 2.24) is 4.90 Å². The van der Waals surface area contributed by atoms with Gasteiger partial charge in [-0.05, 0) is 73.0 Å². The number of anilines is 1. The van der Waals surface area contributed by atoms with Crippen molar-refractivity contribution < 1.29 is 23.8 Å². The molecule has 0 radical (unpaired) electrons. The van der Waals surface area contributed by atoms with Gasteiger partial charge in [0.25, 0.3) is 11.8 Å². The number of ether oxygens (including phenoxy) is 3. The maximum Gasteiger partial charge on any atom is 0.263 e. The molecule has 1 atom stereocenters. The molecule has 1 aliphatic heterocycles. The number of methoxy groups -OCH3 is 2. The molecular formula is C28H29ClN2O5. The summed E-state index contributed by atoms with van der Waals surface area (Å²) in [5, 5.41) is 3.48. The molecule has 0 fully saturated rings. The highest BCUT2D eigenvalue weighted by Gasteiger charge is 2.30. The van der Waals surface area contributed by atoms with E-state index in [-0.39, 0.29) is 11.8 Å². The van der Waals surface area contributed by atoms with Crippen LogP contribution >= 0.6 is 11.6 Å². The lowest BCUT2D eigenvalue weighted by Crippen LogP contribution is -2.40. The SMILES string of the molecule is CCC1Oc2ccc(NC(=O)c3ccc(Cl)cc3)cc2CN(CCc2ccc(OC)c(OC)c2)C1=O. The van der Waals surface area contributed by atoms with Crippen LogP contribution in [0.3, 0.4) is 0 Å². The lowest BCUT2D eigenvalue weighted by molar-refractivity contribution is -0.138. The van der Waals surface area contributed by atoms with E-state index in [0.717, 1.165) is 11.1 Å². The maximum atomic E-state index is 13.2. The number of hydrogen-bond acceptors (Lipinski definition) is 5. The minimum absolute atomic E-state index is 0.0547. The monoisotopic (exact) mass is 508 g/mol. The van der Waals surface area contributed by atoms with Crippen molar-refractivity contribution in [3.8, 4) is 17.2 Å². The molecule has 7 nitrogen and oxygen atoms in total. The number of rotatable bonds is 8. The number of carbonyl (C=O) groups excluding carboxylic acids is 2. The van der Waals surface area contributed by atoms with Gasteiger partial charge in [0, 0.05) is 34.9 Å². The van der Waals surface area contributed by atoms with E-state index in [4.69, 9.17) is 25.8 Å². The molecule has 0 aliphatic carbocycles. The highest BCUT2D eigenvalue weighted by molar-refractivity contribution is 6.30. The Morgan fingerprint density at radius 2 is 1.81 bits per heavy atom. The quantitative estimate of drug-likeness (QED) is 0.443. The van der Waals surface area contributed by atoms with E-state index < -0.39 is 6.10 Å². The fourth-order valence-electron chi connectivity index (χ4n) is 4.14. The van der Waals surface area contributed by atoms with Crippen molar-refractivity contribution >= 4 is 29.1 Å². The van der Waals surface area contributed by atoms with Crippen LogP contribution in [0.4, 0.5) is 5.69 Å². The average Bonchev–Trinajstić information content (AvgIpc) is 3.03. The molecule has 2 amide bonds. The largest absolute Gasteiger partial charge is 0.493 e. The molecule has 1 heterocycles. The van der Waals surface area contributed by atoms with Crippen LogP contribution in [0.25, 0.3) is 0 Å². The van der Waals surface area contributed by atoms with Crippen LogP contribution in [0.2, 0.25) is 5.02 Å². The summed E-state index contributed by atoms with van der Waals surface area (Å²) in [5.41, 5.74) is 2.99. The van der Waals surface area contributed by atoms with Gasteiger partial charge in [-0.25, -0.2) is 0 Å². The fraction of sp³-hybridized carbons (Fsp3) is 0.286. The zero-order chi connectivity index (χ0) is 25.7. The summed E-state index contributed by atoms with van der Waals surface area (Å²) < 4.78 is 16.8. The third-order valence-electron chi connectivity index (χ3n) is 6.13. The van der Waals surface area contributed by atoms with Crippen molar-refractivity contribution in [3.05, 3.63) is 82.4 Å². The number of fused-ring (bicyclic) bond motifs is 1. The number of nitrogens with one attached hydrogen (secondary N) is 1. The summed E-state index contributed by atoms with van der Waals surface area (Å²) in [7, 11) is 3.20. The summed E-state index contributed by atoms with van der Waals surface area (Å²) in [5.74, 6) is 1.66. The van der Waals surface area contributed by atoms with Crippen LogP contribution in [0.15, 0.2) is 60.7 Å². The third kappa shape index (κ3) is 5.74. The molecule has 4 rings (SSSR count). The van der Waals surface area contributed by atoms with E-state index in [2.05, 4.69) is 5.32 Å². The number of carbonyl (C=O) groups is 2. The van der Waals surface area contributed by atoms with E-state index in [1.807, 2.05) is 36.1 Å². The molecule has 0 spiro atoms. The minimum atomic E-state index is -0.564. The van der Waals surface area contributed by atoms with Crippen LogP contribution in [0, 0.1) is 0 Å². The summed E-state index contributed by atoms with van der Waals surface area (Å²) in [6, 6.07) is 17.9. The molecule has 36 heavy (non-hydrogen) atoms. The van der Waals surface area contributed by atoms with E-state index >= 15 is 0 Å². The summed E-state index contributed by atoms with van der Waals surface area (Å²) >= 11 is 5.92. The Morgan fingerprint density at radius 3 is 2.50 bits per heavy atom. The molecule has 0 saturated carbocycles. The van der Waals surface area contributed by atoms with Crippen LogP contribution in [0.1, 0.15) is 34.8 Å². The minimum Gasteiger partial charge on any atom is -0.493 e. The topological polar surface area (TPSA) is 77.1 Å². The molecular weight excluding hydrogens is 480 g/mol. The molecule has 188 valence electrons. The number of benzene rings is 3. The first-order chi connectivity index (χ1) is 17.4. The van der Waals surface area contributed by atoms with Gasteiger partial charge in [-0.1, -0.05) is 24.6 Å². The predicted molar refractivity (Wildman–Crippen MR) is 139 cm³/mol. The first kappa shape index (κ1) is 25.4. The number of hydrogen-bond donors (Lipinski definition) is 1. The third-order valence-corrected chi connectivity index (χ3v) is 6.38. The fourth-order valence-corrected chi connectivity index (χ4v) is 4.26. The van der Waals surface area contributed by atoms with Crippen LogP contribution < -0.4 is 19.5 Å². The molecule has 0 aromatic heterocycles. The van der Waals surface area contributed by atoms with Gasteiger partial charge in [0.1, 0.15) is 5.75 Å². The molecule has 1 aliphatic rings. The Balaban J connectivity index is 1.52. The van der Waals surface area contributed by atoms with Crippen molar-refractivity contribution in [2.24, 2.45) is 0 Å². The second-order valence-electron chi connectivity index (χ2n) is 8.50. The van der Waals surface area contributed by atoms with E-state index in [0.29, 0.717) is 59.5 Å². The lowest BCUT2D eigenvalue weighted by Gasteiger charge is -2.23. The molecule has 1 N–H and O–H groups in total. The summed E-state index contributed by atoms with van der Waals surface area (Å²) in [4.78, 5) is 27.7. The second kappa shape index (κ2) is 11.4. The highest BCUT2D eigenvalue weighted by Crippen LogP contribution is 2.31. The first-order valence-corrected chi connectivity index (χ1v) is 12.2. The summed E-state index contributed by atoms with van der Waals surface area (Å²) in [6.07, 6.45) is 0.636. The Morgan fingerprint density at radius 1 is 1.06 bits per heavy atom. The zero-order valence-corrected chi connectivity index (χ0v) is 21.3. The van der Waals surface area contributed by atoms with Gasteiger partial charge in [0.2, 0.25) is 0 Å². The van der Waals surface area contributed by atoms with Crippen molar-refractivity contribution in [2.45, 2.75) is 32.4 Å². The number of halogens is 1. The van der Waals surface area contributed by atoms with Gasteiger partial charge in [-0.2, -0.15) is 0 Å². The second-order valence-corrected chi connectivity index (χ2v) is 8.93. The number of amides is 2. The van der Waals surface area contributed by atoms with Gasteiger partial charge in [0.15, 0.2) is 17.6 Å². The maximum absolute atomic E-state index is 13.2. The van der Waals surface area contributed by atoms with E-state index in [1.165, 1.54) is 0 Å². The standard InChI is InChI=1S/C28H29ClN2O5/c1-4-23-28(33)31(14-13-18-5-11-25(34-2)26(15-18)35-3)17-20-16-22(10-12-24(20)36-23)30-27(32)19-6-8-21(29)9-7-19/h5-12,15-16,23H,4,13-14,17H2,1-3H3,(H,30,32).